The molecule has 0 saturated heterocycles. The van der Waals surface area contributed by atoms with Gasteiger partial charge < -0.3 is 30.3 Å². The van der Waals surface area contributed by atoms with Gasteiger partial charge >= 0.3 is 0 Å². The molecule has 2 fully saturated rings. The fraction of sp³-hybridized carbons (Fsp3) is 0.679. The fourth-order valence-electron chi connectivity index (χ4n) is 5.78. The number of benzene rings is 1. The average molecular weight is 514 g/mol. The minimum absolute atomic E-state index is 0.0679. The Morgan fingerprint density at radius 2 is 1.92 bits per heavy atom. The van der Waals surface area contributed by atoms with E-state index in [9.17, 15) is 9.59 Å². The molecule has 2 saturated carbocycles. The molecule has 9 heteroatoms. The van der Waals surface area contributed by atoms with Gasteiger partial charge in [-0.25, -0.2) is 4.99 Å². The predicted molar refractivity (Wildman–Crippen MR) is 144 cm³/mol. The van der Waals surface area contributed by atoms with Gasteiger partial charge in [0.2, 0.25) is 11.8 Å². The summed E-state index contributed by atoms with van der Waals surface area (Å²) in [6.45, 7) is 1.74. The number of guanidine groups is 1. The Labute approximate surface area is 220 Å². The quantitative estimate of drug-likeness (QED) is 0.439. The standard InChI is InChI=1S/C28H43N5O4/c1-32(22-9-4-5-10-22)27(35)12-7-15-37-23-13-14-24-21(16-23)18-33(28(29)31-24)19-26(34)30-17-20-8-3-6-11-25(20)36-2/h13-14,16,20,22,25H,3-12,15,17-19H2,1-2H3,(H2,29,31)(H,30,34). The van der Waals surface area contributed by atoms with Gasteiger partial charge in [-0.05, 0) is 50.3 Å². The lowest BCUT2D eigenvalue weighted by Crippen LogP contribution is -2.46. The minimum atomic E-state index is -0.0679. The summed E-state index contributed by atoms with van der Waals surface area (Å²) in [4.78, 5) is 33.3. The number of hydrogen-bond acceptors (Lipinski definition) is 7. The van der Waals surface area contributed by atoms with Gasteiger partial charge in [0.05, 0.1) is 24.9 Å². The number of rotatable bonds is 11. The second-order valence-corrected chi connectivity index (χ2v) is 10.6. The predicted octanol–water partition coefficient (Wildman–Crippen LogP) is 3.33. The van der Waals surface area contributed by atoms with Gasteiger partial charge in [-0.2, -0.15) is 0 Å². The van der Waals surface area contributed by atoms with Crippen LogP contribution in [0.1, 0.15) is 69.8 Å². The maximum atomic E-state index is 12.7. The van der Waals surface area contributed by atoms with Crippen molar-refractivity contribution in [3.63, 3.8) is 0 Å². The summed E-state index contributed by atoms with van der Waals surface area (Å²) in [6, 6.07) is 6.12. The number of nitrogens with zero attached hydrogens (tertiary/aromatic N) is 3. The number of methoxy groups -OCH3 is 1. The molecule has 3 N–H and O–H groups in total. The highest BCUT2D eigenvalue weighted by molar-refractivity contribution is 5.88. The normalized spacial score (nSPS) is 21.8. The molecular formula is C28H43N5O4. The lowest BCUT2D eigenvalue weighted by molar-refractivity contribution is -0.132. The average Bonchev–Trinajstić information content (AvgIpc) is 3.45. The van der Waals surface area contributed by atoms with Crippen LogP contribution in [0.4, 0.5) is 5.69 Å². The largest absolute Gasteiger partial charge is 0.494 e. The lowest BCUT2D eigenvalue weighted by Gasteiger charge is -2.31. The van der Waals surface area contributed by atoms with Crippen molar-refractivity contribution in [3.05, 3.63) is 23.8 Å². The number of nitrogens with two attached hydrogens (primary N) is 1. The number of carbonyl (C=O) groups excluding carboxylic acids is 2. The SMILES string of the molecule is COC1CCCCC1CNC(=O)CN1Cc2cc(OCCCC(=O)N(C)C3CCCC3)ccc2N=C1N. The summed E-state index contributed by atoms with van der Waals surface area (Å²) in [5.74, 6) is 1.56. The maximum absolute atomic E-state index is 12.7. The molecular weight excluding hydrogens is 470 g/mol. The lowest BCUT2D eigenvalue weighted by atomic mass is 9.86. The van der Waals surface area contributed by atoms with E-state index in [1.165, 1.54) is 25.7 Å². The molecule has 0 spiro atoms. The summed E-state index contributed by atoms with van der Waals surface area (Å²) in [5, 5.41) is 3.06. The molecule has 0 radical (unpaired) electrons. The summed E-state index contributed by atoms with van der Waals surface area (Å²) in [6.07, 6.45) is 10.6. The molecule has 37 heavy (non-hydrogen) atoms. The van der Waals surface area contributed by atoms with Crippen molar-refractivity contribution >= 4 is 23.5 Å². The number of carbonyl (C=O) groups is 2. The zero-order valence-electron chi connectivity index (χ0n) is 22.4. The summed E-state index contributed by atoms with van der Waals surface area (Å²) < 4.78 is 11.5. The second-order valence-electron chi connectivity index (χ2n) is 10.6. The first-order chi connectivity index (χ1) is 17.9. The van der Waals surface area contributed by atoms with E-state index in [0.29, 0.717) is 50.5 Å². The van der Waals surface area contributed by atoms with Crippen molar-refractivity contribution in [2.24, 2.45) is 16.6 Å². The van der Waals surface area contributed by atoms with Crippen molar-refractivity contribution < 1.29 is 19.1 Å². The van der Waals surface area contributed by atoms with Crippen LogP contribution in [-0.2, 0) is 20.9 Å². The second kappa shape index (κ2) is 13.1. The Bertz CT molecular complexity index is 962. The Morgan fingerprint density at radius 3 is 2.70 bits per heavy atom. The molecule has 204 valence electrons. The third kappa shape index (κ3) is 7.37. The number of ether oxygens (including phenoxy) is 2. The molecule has 3 aliphatic rings. The van der Waals surface area contributed by atoms with E-state index in [4.69, 9.17) is 15.2 Å². The van der Waals surface area contributed by atoms with Crippen molar-refractivity contribution in [2.45, 2.75) is 82.9 Å². The van der Waals surface area contributed by atoms with E-state index in [1.54, 1.807) is 12.0 Å². The highest BCUT2D eigenvalue weighted by Gasteiger charge is 2.26. The Hall–Kier alpha value is -2.81. The molecule has 1 heterocycles. The number of hydrogen-bond donors (Lipinski definition) is 2. The Balaban J connectivity index is 1.22. The van der Waals surface area contributed by atoms with Gasteiger partial charge in [0.25, 0.3) is 0 Å². The highest BCUT2D eigenvalue weighted by atomic mass is 16.5. The highest BCUT2D eigenvalue weighted by Crippen LogP contribution is 2.30. The zero-order valence-corrected chi connectivity index (χ0v) is 22.4. The van der Waals surface area contributed by atoms with E-state index in [-0.39, 0.29) is 24.5 Å². The fourth-order valence-corrected chi connectivity index (χ4v) is 5.78. The molecule has 2 unspecified atom stereocenters. The molecule has 1 aliphatic heterocycles. The molecule has 0 aromatic heterocycles. The van der Waals surface area contributed by atoms with Crippen LogP contribution in [0, 0.1) is 5.92 Å². The van der Waals surface area contributed by atoms with Gasteiger partial charge in [-0.3, -0.25) is 9.59 Å². The Kier molecular flexibility index (Phi) is 9.66. The summed E-state index contributed by atoms with van der Waals surface area (Å²) in [7, 11) is 3.67. The topological polar surface area (TPSA) is 109 Å². The number of fused-ring (bicyclic) bond motifs is 1. The third-order valence-electron chi connectivity index (χ3n) is 8.08. The van der Waals surface area contributed by atoms with Crippen LogP contribution < -0.4 is 15.8 Å². The van der Waals surface area contributed by atoms with Crippen LogP contribution in [0.3, 0.4) is 0 Å². The van der Waals surface area contributed by atoms with Gasteiger partial charge in [0.1, 0.15) is 5.75 Å². The summed E-state index contributed by atoms with van der Waals surface area (Å²) in [5.41, 5.74) is 7.92. The number of nitrogens with one attached hydrogen (secondary N) is 1. The first kappa shape index (κ1) is 27.2. The van der Waals surface area contributed by atoms with E-state index < -0.39 is 0 Å². The number of aliphatic imine (C=N–C) groups is 1. The molecule has 2 aliphatic carbocycles. The van der Waals surface area contributed by atoms with Gasteiger partial charge in [0.15, 0.2) is 5.96 Å². The van der Waals surface area contributed by atoms with Crippen LogP contribution >= 0.6 is 0 Å². The molecule has 0 bridgehead atoms. The molecule has 2 atom stereocenters. The van der Waals surface area contributed by atoms with Crippen LogP contribution in [0.15, 0.2) is 23.2 Å². The summed E-state index contributed by atoms with van der Waals surface area (Å²) >= 11 is 0. The van der Waals surface area contributed by atoms with Crippen molar-refractivity contribution in [3.8, 4) is 5.75 Å². The van der Waals surface area contributed by atoms with Crippen LogP contribution in [0.5, 0.6) is 5.75 Å². The monoisotopic (exact) mass is 513 g/mol. The molecule has 1 aromatic carbocycles. The van der Waals surface area contributed by atoms with E-state index >= 15 is 0 Å². The number of amides is 2. The first-order valence-corrected chi connectivity index (χ1v) is 13.8. The van der Waals surface area contributed by atoms with E-state index in [0.717, 1.165) is 42.7 Å². The maximum Gasteiger partial charge on any atom is 0.239 e. The van der Waals surface area contributed by atoms with Crippen molar-refractivity contribution in [1.29, 1.82) is 0 Å². The van der Waals surface area contributed by atoms with Gasteiger partial charge in [-0.15, -0.1) is 0 Å². The van der Waals surface area contributed by atoms with Crippen molar-refractivity contribution in [1.82, 2.24) is 15.1 Å². The molecule has 9 nitrogen and oxygen atoms in total. The molecule has 4 rings (SSSR count). The zero-order chi connectivity index (χ0) is 26.2. The van der Waals surface area contributed by atoms with E-state index in [1.807, 2.05) is 30.1 Å². The van der Waals surface area contributed by atoms with Crippen LogP contribution in [0.25, 0.3) is 0 Å². The van der Waals surface area contributed by atoms with Gasteiger partial charge in [-0.1, -0.05) is 25.7 Å². The first-order valence-electron chi connectivity index (χ1n) is 13.8. The molecule has 2 amide bonds. The van der Waals surface area contributed by atoms with Gasteiger partial charge in [0, 0.05) is 51.2 Å². The van der Waals surface area contributed by atoms with Crippen molar-refractivity contribution in [2.75, 3.05) is 33.9 Å². The smallest absolute Gasteiger partial charge is 0.239 e. The minimum Gasteiger partial charge on any atom is -0.494 e. The Morgan fingerprint density at radius 1 is 1.16 bits per heavy atom. The van der Waals surface area contributed by atoms with Crippen LogP contribution in [0.2, 0.25) is 0 Å². The molecule has 1 aromatic rings. The van der Waals surface area contributed by atoms with E-state index in [2.05, 4.69) is 10.3 Å². The third-order valence-corrected chi connectivity index (χ3v) is 8.08. The van der Waals surface area contributed by atoms with Crippen LogP contribution in [-0.4, -0.2) is 73.6 Å².